The van der Waals surface area contributed by atoms with Gasteiger partial charge in [0.25, 0.3) is 0 Å². The lowest BCUT2D eigenvalue weighted by Gasteiger charge is -2.23. The first kappa shape index (κ1) is 12.5. The summed E-state index contributed by atoms with van der Waals surface area (Å²) in [7, 11) is 0. The van der Waals surface area contributed by atoms with Crippen molar-refractivity contribution >= 4 is 5.91 Å². The predicted octanol–water partition coefficient (Wildman–Crippen LogP) is 0.535. The SMILES string of the molecule is CC(CCO)NC(=O)CC1(N)CCCC1. The normalized spacial score (nSPS) is 21.3. The molecule has 0 aromatic carbocycles. The smallest absolute Gasteiger partial charge is 0.222 e. The van der Waals surface area contributed by atoms with E-state index in [1.165, 1.54) is 0 Å². The number of amides is 1. The van der Waals surface area contributed by atoms with E-state index >= 15 is 0 Å². The number of nitrogens with one attached hydrogen (secondary N) is 1. The van der Waals surface area contributed by atoms with Gasteiger partial charge in [-0.15, -0.1) is 0 Å². The van der Waals surface area contributed by atoms with E-state index in [0.29, 0.717) is 12.8 Å². The first-order chi connectivity index (χ1) is 7.06. The molecule has 0 radical (unpaired) electrons. The van der Waals surface area contributed by atoms with Gasteiger partial charge in [-0.2, -0.15) is 0 Å². The Balaban J connectivity index is 2.28. The standard InChI is InChI=1S/C11H22N2O2/c1-9(4-7-14)13-10(15)8-11(12)5-2-3-6-11/h9,14H,2-8,12H2,1H3,(H,13,15). The van der Waals surface area contributed by atoms with Gasteiger partial charge in [0, 0.05) is 24.6 Å². The first-order valence-corrected chi connectivity index (χ1v) is 5.75. The van der Waals surface area contributed by atoms with Gasteiger partial charge in [-0.1, -0.05) is 12.8 Å². The Bertz CT molecular complexity index is 213. The van der Waals surface area contributed by atoms with Crippen LogP contribution in [0.25, 0.3) is 0 Å². The van der Waals surface area contributed by atoms with Gasteiger partial charge in [-0.05, 0) is 26.2 Å². The zero-order chi connectivity index (χ0) is 11.3. The molecule has 0 heterocycles. The third kappa shape index (κ3) is 4.18. The van der Waals surface area contributed by atoms with Gasteiger partial charge in [0.15, 0.2) is 0 Å². The molecule has 0 aliphatic heterocycles. The number of nitrogens with two attached hydrogens (primary N) is 1. The number of rotatable bonds is 5. The highest BCUT2D eigenvalue weighted by atomic mass is 16.3. The lowest BCUT2D eigenvalue weighted by atomic mass is 9.94. The Kier molecular flexibility index (Phi) is 4.54. The van der Waals surface area contributed by atoms with E-state index in [0.717, 1.165) is 25.7 Å². The Morgan fingerprint density at radius 2 is 2.13 bits per heavy atom. The van der Waals surface area contributed by atoms with E-state index in [2.05, 4.69) is 5.32 Å². The molecule has 1 aliphatic rings. The third-order valence-electron chi connectivity index (χ3n) is 3.08. The molecule has 1 atom stereocenters. The maximum absolute atomic E-state index is 11.6. The molecule has 4 N–H and O–H groups in total. The highest BCUT2D eigenvalue weighted by Gasteiger charge is 2.31. The minimum absolute atomic E-state index is 0.0142. The van der Waals surface area contributed by atoms with Gasteiger partial charge >= 0.3 is 0 Å². The molecule has 0 spiro atoms. The summed E-state index contributed by atoms with van der Waals surface area (Å²) >= 11 is 0. The molecule has 88 valence electrons. The lowest BCUT2D eigenvalue weighted by Crippen LogP contribution is -2.44. The molecule has 1 rings (SSSR count). The molecule has 4 heteroatoms. The molecular formula is C11H22N2O2. The van der Waals surface area contributed by atoms with Crippen molar-refractivity contribution < 1.29 is 9.90 Å². The summed E-state index contributed by atoms with van der Waals surface area (Å²) in [6, 6.07) is 0.0347. The fourth-order valence-corrected chi connectivity index (χ4v) is 2.17. The summed E-state index contributed by atoms with van der Waals surface area (Å²) in [5, 5.41) is 11.6. The molecule has 15 heavy (non-hydrogen) atoms. The molecule has 0 saturated heterocycles. The number of aliphatic hydroxyl groups excluding tert-OH is 1. The van der Waals surface area contributed by atoms with Gasteiger partial charge in [0.2, 0.25) is 5.91 Å². The second-order valence-corrected chi connectivity index (χ2v) is 4.73. The predicted molar refractivity (Wildman–Crippen MR) is 59.3 cm³/mol. The summed E-state index contributed by atoms with van der Waals surface area (Å²) in [4.78, 5) is 11.6. The molecule has 1 aliphatic carbocycles. The summed E-state index contributed by atoms with van der Waals surface area (Å²) in [5.74, 6) is 0.0142. The van der Waals surface area contributed by atoms with Crippen LogP contribution < -0.4 is 11.1 Å². The van der Waals surface area contributed by atoms with Crippen molar-refractivity contribution in [3.63, 3.8) is 0 Å². The second kappa shape index (κ2) is 5.47. The van der Waals surface area contributed by atoms with Crippen molar-refractivity contribution in [3.8, 4) is 0 Å². The monoisotopic (exact) mass is 214 g/mol. The Hall–Kier alpha value is -0.610. The maximum atomic E-state index is 11.6. The number of aliphatic hydroxyl groups is 1. The molecule has 1 amide bonds. The molecule has 1 unspecified atom stereocenters. The molecule has 4 nitrogen and oxygen atoms in total. The Morgan fingerprint density at radius 3 is 2.67 bits per heavy atom. The minimum atomic E-state index is -0.275. The molecule has 0 aromatic heterocycles. The Labute approximate surface area is 91.2 Å². The summed E-state index contributed by atoms with van der Waals surface area (Å²) in [5.41, 5.74) is 5.82. The number of carbonyl (C=O) groups is 1. The molecular weight excluding hydrogens is 192 g/mol. The van der Waals surface area contributed by atoms with Gasteiger partial charge in [0.1, 0.15) is 0 Å². The van der Waals surface area contributed by atoms with Crippen LogP contribution in [-0.2, 0) is 4.79 Å². The highest BCUT2D eigenvalue weighted by Crippen LogP contribution is 2.29. The molecule has 1 saturated carbocycles. The van der Waals surface area contributed by atoms with Crippen LogP contribution in [0.5, 0.6) is 0 Å². The van der Waals surface area contributed by atoms with E-state index in [4.69, 9.17) is 10.8 Å². The van der Waals surface area contributed by atoms with Crippen molar-refractivity contribution in [3.05, 3.63) is 0 Å². The fraction of sp³-hybridized carbons (Fsp3) is 0.909. The zero-order valence-electron chi connectivity index (χ0n) is 9.46. The largest absolute Gasteiger partial charge is 0.396 e. The van der Waals surface area contributed by atoms with Crippen molar-refractivity contribution in [2.75, 3.05) is 6.61 Å². The second-order valence-electron chi connectivity index (χ2n) is 4.73. The maximum Gasteiger partial charge on any atom is 0.222 e. The van der Waals surface area contributed by atoms with E-state index in [1.54, 1.807) is 0 Å². The summed E-state index contributed by atoms with van der Waals surface area (Å²) in [6.45, 7) is 2.00. The third-order valence-corrected chi connectivity index (χ3v) is 3.08. The van der Waals surface area contributed by atoms with E-state index in [1.807, 2.05) is 6.92 Å². The van der Waals surface area contributed by atoms with E-state index < -0.39 is 0 Å². The molecule has 0 aromatic rings. The summed E-state index contributed by atoms with van der Waals surface area (Å²) in [6.07, 6.45) is 5.20. The fourth-order valence-electron chi connectivity index (χ4n) is 2.17. The highest BCUT2D eigenvalue weighted by molar-refractivity contribution is 5.77. The van der Waals surface area contributed by atoms with Crippen LogP contribution in [0.1, 0.15) is 45.4 Å². The van der Waals surface area contributed by atoms with Gasteiger partial charge in [0.05, 0.1) is 0 Å². The van der Waals surface area contributed by atoms with Crippen LogP contribution in [0.3, 0.4) is 0 Å². The number of hydrogen-bond acceptors (Lipinski definition) is 3. The summed E-state index contributed by atoms with van der Waals surface area (Å²) < 4.78 is 0. The first-order valence-electron chi connectivity index (χ1n) is 5.75. The van der Waals surface area contributed by atoms with Crippen LogP contribution in [-0.4, -0.2) is 29.2 Å². The van der Waals surface area contributed by atoms with E-state index in [-0.39, 0.29) is 24.1 Å². The zero-order valence-corrected chi connectivity index (χ0v) is 9.46. The topological polar surface area (TPSA) is 75.3 Å². The average Bonchev–Trinajstić information content (AvgIpc) is 2.51. The molecule has 0 bridgehead atoms. The lowest BCUT2D eigenvalue weighted by molar-refractivity contribution is -0.122. The van der Waals surface area contributed by atoms with Crippen LogP contribution in [0, 0.1) is 0 Å². The van der Waals surface area contributed by atoms with Crippen molar-refractivity contribution in [2.24, 2.45) is 5.73 Å². The van der Waals surface area contributed by atoms with Crippen molar-refractivity contribution in [1.29, 1.82) is 0 Å². The van der Waals surface area contributed by atoms with E-state index in [9.17, 15) is 4.79 Å². The van der Waals surface area contributed by atoms with Gasteiger partial charge < -0.3 is 16.2 Å². The van der Waals surface area contributed by atoms with Crippen LogP contribution in [0.4, 0.5) is 0 Å². The van der Waals surface area contributed by atoms with Crippen molar-refractivity contribution in [1.82, 2.24) is 5.32 Å². The number of carbonyl (C=O) groups excluding carboxylic acids is 1. The Morgan fingerprint density at radius 1 is 1.53 bits per heavy atom. The van der Waals surface area contributed by atoms with Gasteiger partial charge in [-0.3, -0.25) is 4.79 Å². The van der Waals surface area contributed by atoms with Gasteiger partial charge in [-0.25, -0.2) is 0 Å². The minimum Gasteiger partial charge on any atom is -0.396 e. The average molecular weight is 214 g/mol. The number of hydrogen-bond donors (Lipinski definition) is 3. The van der Waals surface area contributed by atoms with Crippen molar-refractivity contribution in [2.45, 2.75) is 57.0 Å². The quantitative estimate of drug-likeness (QED) is 0.625. The molecule has 1 fully saturated rings. The van der Waals surface area contributed by atoms with Crippen LogP contribution in [0.15, 0.2) is 0 Å². The van der Waals surface area contributed by atoms with Crippen LogP contribution >= 0.6 is 0 Å². The van der Waals surface area contributed by atoms with Crippen LogP contribution in [0.2, 0.25) is 0 Å².